The number of hydrogen-bond donors (Lipinski definition) is 1. The summed E-state index contributed by atoms with van der Waals surface area (Å²) in [6, 6.07) is 12.8. The van der Waals surface area contributed by atoms with Gasteiger partial charge in [-0.1, -0.05) is 6.07 Å². The molecule has 6 nitrogen and oxygen atoms in total. The van der Waals surface area contributed by atoms with Gasteiger partial charge in [0, 0.05) is 11.3 Å². The van der Waals surface area contributed by atoms with E-state index in [1.54, 1.807) is 19.1 Å². The number of esters is 1. The maximum absolute atomic E-state index is 13.0. The first-order chi connectivity index (χ1) is 13.8. The fourth-order valence-electron chi connectivity index (χ4n) is 2.61. The zero-order chi connectivity index (χ0) is 21.0. The second-order valence-electron chi connectivity index (χ2n) is 6.38. The van der Waals surface area contributed by atoms with E-state index >= 15 is 0 Å². The van der Waals surface area contributed by atoms with Crippen molar-refractivity contribution >= 4 is 23.3 Å². The van der Waals surface area contributed by atoms with Gasteiger partial charge < -0.3 is 14.5 Å². The Labute approximate surface area is 166 Å². The molecule has 0 aliphatic heterocycles. The van der Waals surface area contributed by atoms with E-state index in [-0.39, 0.29) is 16.9 Å². The second-order valence-corrected chi connectivity index (χ2v) is 6.38. The molecular weight excluding hydrogens is 377 g/mol. The number of Topliss-reactive ketones (excluding diaryl/α,β-unsaturated/α-hetero) is 1. The average Bonchev–Trinajstić information content (AvgIpc) is 3.24. The SMILES string of the molecule is Cc1ccc(C(=O)O[C@H](C)C(=O)c2ccc(F)cc2)cc1NC(=O)c1ccco1. The summed E-state index contributed by atoms with van der Waals surface area (Å²) in [5.41, 5.74) is 1.56. The van der Waals surface area contributed by atoms with Crippen LogP contribution in [0.5, 0.6) is 0 Å². The number of benzene rings is 2. The van der Waals surface area contributed by atoms with Crippen LogP contribution in [-0.2, 0) is 4.74 Å². The van der Waals surface area contributed by atoms with Crippen molar-refractivity contribution in [3.05, 3.63) is 89.1 Å². The van der Waals surface area contributed by atoms with Crippen LogP contribution in [0.25, 0.3) is 0 Å². The van der Waals surface area contributed by atoms with E-state index in [2.05, 4.69) is 5.32 Å². The van der Waals surface area contributed by atoms with Crippen LogP contribution in [0, 0.1) is 12.7 Å². The second kappa shape index (κ2) is 8.52. The van der Waals surface area contributed by atoms with E-state index in [0.29, 0.717) is 5.69 Å². The molecule has 29 heavy (non-hydrogen) atoms. The van der Waals surface area contributed by atoms with Gasteiger partial charge in [-0.15, -0.1) is 0 Å². The van der Waals surface area contributed by atoms with Crippen LogP contribution >= 0.6 is 0 Å². The van der Waals surface area contributed by atoms with Crippen LogP contribution in [0.1, 0.15) is 43.8 Å². The third-order valence-corrected chi connectivity index (χ3v) is 4.25. The Kier molecular flexibility index (Phi) is 5.87. The minimum Gasteiger partial charge on any atom is -0.459 e. The molecule has 1 aromatic heterocycles. The number of anilines is 1. The maximum Gasteiger partial charge on any atom is 0.338 e. The summed E-state index contributed by atoms with van der Waals surface area (Å²) >= 11 is 0. The minimum absolute atomic E-state index is 0.135. The lowest BCUT2D eigenvalue weighted by Crippen LogP contribution is -2.24. The number of rotatable bonds is 6. The largest absolute Gasteiger partial charge is 0.459 e. The molecule has 0 radical (unpaired) electrons. The molecule has 0 aliphatic rings. The van der Waals surface area contributed by atoms with Crippen LogP contribution < -0.4 is 5.32 Å². The molecule has 0 saturated heterocycles. The fraction of sp³-hybridized carbons (Fsp3) is 0.136. The van der Waals surface area contributed by atoms with Gasteiger partial charge in [0.25, 0.3) is 5.91 Å². The fourth-order valence-corrected chi connectivity index (χ4v) is 2.61. The third kappa shape index (κ3) is 4.76. The lowest BCUT2D eigenvalue weighted by atomic mass is 10.1. The molecular formula is C22H18FNO5. The molecule has 0 fully saturated rings. The predicted octanol–water partition coefficient (Wildman–Crippen LogP) is 4.41. The van der Waals surface area contributed by atoms with Gasteiger partial charge in [-0.2, -0.15) is 0 Å². The van der Waals surface area contributed by atoms with Gasteiger partial charge in [-0.05, 0) is 67.9 Å². The Hall–Kier alpha value is -3.74. The lowest BCUT2D eigenvalue weighted by Gasteiger charge is -2.14. The van der Waals surface area contributed by atoms with Gasteiger partial charge in [-0.25, -0.2) is 9.18 Å². The van der Waals surface area contributed by atoms with E-state index in [1.165, 1.54) is 43.5 Å². The standard InChI is InChI=1S/C22H18FNO5/c1-13-5-6-16(12-18(13)24-21(26)19-4-3-11-28-19)22(27)29-14(2)20(25)15-7-9-17(23)10-8-15/h3-12,14H,1-2H3,(H,24,26)/t14-/m1/s1. The number of halogens is 1. The number of aryl methyl sites for hydroxylation is 1. The number of nitrogens with one attached hydrogen (secondary N) is 1. The summed E-state index contributed by atoms with van der Waals surface area (Å²) in [6.45, 7) is 3.21. The van der Waals surface area contributed by atoms with Crippen molar-refractivity contribution in [1.82, 2.24) is 0 Å². The summed E-state index contributed by atoms with van der Waals surface area (Å²) in [6.07, 6.45) is 0.324. The third-order valence-electron chi connectivity index (χ3n) is 4.25. The van der Waals surface area contributed by atoms with E-state index in [1.807, 2.05) is 0 Å². The van der Waals surface area contributed by atoms with E-state index in [0.717, 1.165) is 17.7 Å². The van der Waals surface area contributed by atoms with Crippen LogP contribution in [0.2, 0.25) is 0 Å². The number of ketones is 1. The Bertz CT molecular complexity index is 1040. The van der Waals surface area contributed by atoms with E-state index < -0.39 is 29.6 Å². The lowest BCUT2D eigenvalue weighted by molar-refractivity contribution is 0.0319. The highest BCUT2D eigenvalue weighted by Crippen LogP contribution is 2.20. The van der Waals surface area contributed by atoms with Crippen molar-refractivity contribution in [1.29, 1.82) is 0 Å². The number of hydrogen-bond acceptors (Lipinski definition) is 5. The van der Waals surface area contributed by atoms with Crippen molar-refractivity contribution in [2.75, 3.05) is 5.32 Å². The molecule has 0 saturated carbocycles. The first-order valence-corrected chi connectivity index (χ1v) is 8.81. The van der Waals surface area contributed by atoms with E-state index in [4.69, 9.17) is 9.15 Å². The molecule has 7 heteroatoms. The molecule has 0 unspecified atom stereocenters. The van der Waals surface area contributed by atoms with Crippen molar-refractivity contribution in [3.63, 3.8) is 0 Å². The zero-order valence-electron chi connectivity index (χ0n) is 15.8. The summed E-state index contributed by atoms with van der Waals surface area (Å²) in [4.78, 5) is 37.0. The first kappa shape index (κ1) is 20.0. The van der Waals surface area contributed by atoms with Gasteiger partial charge >= 0.3 is 5.97 Å². The summed E-state index contributed by atoms with van der Waals surface area (Å²) < 4.78 is 23.3. The normalized spacial score (nSPS) is 11.6. The van der Waals surface area contributed by atoms with Crippen molar-refractivity contribution < 1.29 is 27.9 Å². The van der Waals surface area contributed by atoms with Gasteiger partial charge in [0.15, 0.2) is 11.9 Å². The molecule has 0 bridgehead atoms. The van der Waals surface area contributed by atoms with Gasteiger partial charge in [-0.3, -0.25) is 9.59 Å². The number of amides is 1. The minimum atomic E-state index is -1.06. The Morgan fingerprint density at radius 2 is 1.72 bits per heavy atom. The summed E-state index contributed by atoms with van der Waals surface area (Å²) in [7, 11) is 0. The summed E-state index contributed by atoms with van der Waals surface area (Å²) in [5, 5.41) is 2.67. The molecule has 1 atom stereocenters. The molecule has 3 rings (SSSR count). The Balaban J connectivity index is 1.71. The zero-order valence-corrected chi connectivity index (χ0v) is 15.8. The monoisotopic (exact) mass is 395 g/mol. The highest BCUT2D eigenvalue weighted by Gasteiger charge is 2.21. The highest BCUT2D eigenvalue weighted by molar-refractivity contribution is 6.04. The molecule has 1 N–H and O–H groups in total. The molecule has 0 aliphatic carbocycles. The molecule has 0 spiro atoms. The Morgan fingerprint density at radius 3 is 2.38 bits per heavy atom. The first-order valence-electron chi connectivity index (χ1n) is 8.81. The van der Waals surface area contributed by atoms with Crippen LogP contribution in [0.15, 0.2) is 65.3 Å². The number of furan rings is 1. The highest BCUT2D eigenvalue weighted by atomic mass is 19.1. The Morgan fingerprint density at radius 1 is 1.03 bits per heavy atom. The average molecular weight is 395 g/mol. The molecule has 3 aromatic rings. The molecule has 148 valence electrons. The quantitative estimate of drug-likeness (QED) is 0.494. The van der Waals surface area contributed by atoms with E-state index in [9.17, 15) is 18.8 Å². The van der Waals surface area contributed by atoms with Crippen molar-refractivity contribution in [2.24, 2.45) is 0 Å². The van der Waals surface area contributed by atoms with Crippen LogP contribution in [-0.4, -0.2) is 23.8 Å². The predicted molar refractivity (Wildman–Crippen MR) is 103 cm³/mol. The van der Waals surface area contributed by atoms with Crippen molar-refractivity contribution in [2.45, 2.75) is 20.0 Å². The molecule has 1 amide bonds. The van der Waals surface area contributed by atoms with Crippen LogP contribution in [0.3, 0.4) is 0 Å². The molecule has 2 aromatic carbocycles. The van der Waals surface area contributed by atoms with Gasteiger partial charge in [0.1, 0.15) is 5.82 Å². The van der Waals surface area contributed by atoms with Gasteiger partial charge in [0.05, 0.1) is 11.8 Å². The summed E-state index contributed by atoms with van der Waals surface area (Å²) in [5.74, 6) is -1.95. The molecule has 1 heterocycles. The number of ether oxygens (including phenoxy) is 1. The maximum atomic E-state index is 13.0. The van der Waals surface area contributed by atoms with Crippen LogP contribution in [0.4, 0.5) is 10.1 Å². The number of carbonyl (C=O) groups excluding carboxylic acids is 3. The van der Waals surface area contributed by atoms with Crippen molar-refractivity contribution in [3.8, 4) is 0 Å². The number of carbonyl (C=O) groups is 3. The smallest absolute Gasteiger partial charge is 0.338 e. The van der Waals surface area contributed by atoms with Gasteiger partial charge in [0.2, 0.25) is 5.78 Å². The topological polar surface area (TPSA) is 85.6 Å².